The molecule has 162 valence electrons. The maximum absolute atomic E-state index is 12.9. The Morgan fingerprint density at radius 2 is 1.88 bits per heavy atom. The summed E-state index contributed by atoms with van der Waals surface area (Å²) in [5.41, 5.74) is 3.89. The molecule has 1 aliphatic heterocycles. The van der Waals surface area contributed by atoms with E-state index >= 15 is 0 Å². The van der Waals surface area contributed by atoms with Crippen LogP contribution >= 0.6 is 0 Å². The normalized spacial score (nSPS) is 15.0. The number of piperidine rings is 1. The first-order valence-electron chi connectivity index (χ1n) is 10.8. The van der Waals surface area contributed by atoms with Gasteiger partial charge in [-0.2, -0.15) is 5.10 Å². The summed E-state index contributed by atoms with van der Waals surface area (Å²) in [7, 11) is 0. The Morgan fingerprint density at radius 3 is 2.66 bits per heavy atom. The van der Waals surface area contributed by atoms with Crippen molar-refractivity contribution in [1.29, 1.82) is 0 Å². The van der Waals surface area contributed by atoms with Gasteiger partial charge in [-0.15, -0.1) is 0 Å². The molecule has 4 heterocycles. The second-order valence-electron chi connectivity index (χ2n) is 8.01. The SMILES string of the molecule is O=C(Nc1cccc(-c2ccn[nH]2)c1)C1CCN(Cc2cccn2-c2ncccn2)CC1. The lowest BCUT2D eigenvalue weighted by Crippen LogP contribution is -2.38. The molecule has 0 aliphatic carbocycles. The second-order valence-corrected chi connectivity index (χ2v) is 8.01. The minimum absolute atomic E-state index is 0.0197. The van der Waals surface area contributed by atoms with Gasteiger partial charge in [0.2, 0.25) is 11.9 Å². The number of nitrogens with zero attached hydrogens (tertiary/aromatic N) is 5. The van der Waals surface area contributed by atoms with E-state index < -0.39 is 0 Å². The molecule has 0 saturated carbocycles. The first-order valence-corrected chi connectivity index (χ1v) is 10.8. The molecule has 8 nitrogen and oxygen atoms in total. The number of amides is 1. The standard InChI is InChI=1S/C24H25N7O/c32-23(28-20-5-1-4-19(16-20)22-7-12-27-29-22)18-8-14-30(15-9-18)17-21-6-2-13-31(21)24-25-10-3-11-26-24/h1-7,10-13,16,18H,8-9,14-15,17H2,(H,27,29)(H,28,32). The molecule has 0 spiro atoms. The van der Waals surface area contributed by atoms with Crippen LogP contribution in [0.25, 0.3) is 17.2 Å². The third-order valence-corrected chi connectivity index (χ3v) is 5.89. The van der Waals surface area contributed by atoms with Crippen LogP contribution in [-0.4, -0.2) is 48.6 Å². The zero-order valence-corrected chi connectivity index (χ0v) is 17.7. The molecule has 1 amide bonds. The summed E-state index contributed by atoms with van der Waals surface area (Å²) < 4.78 is 2.02. The van der Waals surface area contributed by atoms with Crippen LogP contribution in [0.1, 0.15) is 18.5 Å². The quantitative estimate of drug-likeness (QED) is 0.491. The van der Waals surface area contributed by atoms with E-state index in [2.05, 4.69) is 36.4 Å². The highest BCUT2D eigenvalue weighted by atomic mass is 16.1. The number of benzene rings is 1. The van der Waals surface area contributed by atoms with Crippen LogP contribution < -0.4 is 5.32 Å². The van der Waals surface area contributed by atoms with E-state index in [0.717, 1.165) is 55.1 Å². The molecule has 1 fully saturated rings. The summed E-state index contributed by atoms with van der Waals surface area (Å²) >= 11 is 0. The minimum Gasteiger partial charge on any atom is -0.326 e. The van der Waals surface area contributed by atoms with Gasteiger partial charge in [0.05, 0.1) is 5.69 Å². The molecule has 0 radical (unpaired) electrons. The molecule has 3 aromatic heterocycles. The molecule has 0 atom stereocenters. The summed E-state index contributed by atoms with van der Waals surface area (Å²) in [6.07, 6.45) is 8.89. The van der Waals surface area contributed by atoms with Gasteiger partial charge in [0.25, 0.3) is 0 Å². The van der Waals surface area contributed by atoms with E-state index in [1.807, 2.05) is 53.2 Å². The molecule has 1 aliphatic rings. The van der Waals surface area contributed by atoms with E-state index in [-0.39, 0.29) is 11.8 Å². The predicted molar refractivity (Wildman–Crippen MR) is 122 cm³/mol. The number of aromatic nitrogens is 5. The Morgan fingerprint density at radius 1 is 1.03 bits per heavy atom. The highest BCUT2D eigenvalue weighted by Gasteiger charge is 2.25. The fourth-order valence-electron chi connectivity index (χ4n) is 4.16. The van der Waals surface area contributed by atoms with Gasteiger partial charge in [-0.05, 0) is 62.3 Å². The predicted octanol–water partition coefficient (Wildman–Crippen LogP) is 3.51. The number of nitrogens with one attached hydrogen (secondary N) is 2. The van der Waals surface area contributed by atoms with E-state index in [9.17, 15) is 4.79 Å². The third-order valence-electron chi connectivity index (χ3n) is 5.89. The second kappa shape index (κ2) is 9.15. The molecule has 0 unspecified atom stereocenters. The highest BCUT2D eigenvalue weighted by Crippen LogP contribution is 2.24. The van der Waals surface area contributed by atoms with Crippen molar-refractivity contribution in [3.8, 4) is 17.2 Å². The molecule has 1 saturated heterocycles. The fourth-order valence-corrected chi connectivity index (χ4v) is 4.16. The Labute approximate surface area is 186 Å². The number of rotatable bonds is 6. The number of H-pyrrole nitrogens is 1. The first-order chi connectivity index (χ1) is 15.8. The van der Waals surface area contributed by atoms with E-state index in [0.29, 0.717) is 5.95 Å². The number of carbonyl (C=O) groups excluding carboxylic acids is 1. The van der Waals surface area contributed by atoms with E-state index in [1.165, 1.54) is 0 Å². The lowest BCUT2D eigenvalue weighted by molar-refractivity contribution is -0.121. The van der Waals surface area contributed by atoms with Crippen molar-refractivity contribution in [3.63, 3.8) is 0 Å². The zero-order valence-electron chi connectivity index (χ0n) is 17.7. The lowest BCUT2D eigenvalue weighted by atomic mass is 9.95. The van der Waals surface area contributed by atoms with Gasteiger partial charge in [0.1, 0.15) is 0 Å². The van der Waals surface area contributed by atoms with E-state index in [4.69, 9.17) is 0 Å². The summed E-state index contributed by atoms with van der Waals surface area (Å²) in [5, 5.41) is 10.0. The van der Waals surface area contributed by atoms with Crippen LogP contribution in [0.5, 0.6) is 0 Å². The Balaban J connectivity index is 1.17. The molecule has 2 N–H and O–H groups in total. The van der Waals surface area contributed by atoms with Crippen molar-refractivity contribution in [1.82, 2.24) is 29.6 Å². The van der Waals surface area contributed by atoms with Crippen LogP contribution in [0.3, 0.4) is 0 Å². The van der Waals surface area contributed by atoms with Crippen molar-refractivity contribution in [2.45, 2.75) is 19.4 Å². The summed E-state index contributed by atoms with van der Waals surface area (Å²) in [5.74, 6) is 0.790. The van der Waals surface area contributed by atoms with Crippen LogP contribution in [0.4, 0.5) is 5.69 Å². The average molecular weight is 428 g/mol. The van der Waals surface area contributed by atoms with Gasteiger partial charge in [-0.1, -0.05) is 12.1 Å². The van der Waals surface area contributed by atoms with Gasteiger partial charge in [0.15, 0.2) is 0 Å². The molecule has 4 aromatic rings. The molecular weight excluding hydrogens is 402 g/mol. The molecule has 0 bridgehead atoms. The summed E-state index contributed by atoms with van der Waals surface area (Å²) in [4.78, 5) is 23.9. The first kappa shape index (κ1) is 20.1. The Bertz CT molecular complexity index is 1160. The van der Waals surface area contributed by atoms with Gasteiger partial charge in [0, 0.05) is 54.2 Å². The zero-order chi connectivity index (χ0) is 21.8. The van der Waals surface area contributed by atoms with Gasteiger partial charge in [-0.25, -0.2) is 9.97 Å². The smallest absolute Gasteiger partial charge is 0.233 e. The molecule has 5 rings (SSSR count). The third kappa shape index (κ3) is 4.45. The summed E-state index contributed by atoms with van der Waals surface area (Å²) in [6, 6.07) is 15.7. The van der Waals surface area contributed by atoms with Gasteiger partial charge >= 0.3 is 0 Å². The van der Waals surface area contributed by atoms with Crippen molar-refractivity contribution < 1.29 is 4.79 Å². The number of hydrogen-bond acceptors (Lipinski definition) is 5. The maximum atomic E-state index is 12.9. The fraction of sp³-hybridized carbons (Fsp3) is 0.250. The number of aromatic amines is 1. The van der Waals surface area contributed by atoms with Crippen molar-refractivity contribution >= 4 is 11.6 Å². The number of hydrogen-bond donors (Lipinski definition) is 2. The van der Waals surface area contributed by atoms with Crippen molar-refractivity contribution in [3.05, 3.63) is 79.0 Å². The molecular formula is C24H25N7O. The summed E-state index contributed by atoms with van der Waals surface area (Å²) in [6.45, 7) is 2.58. The average Bonchev–Trinajstić information content (AvgIpc) is 3.53. The Hall–Kier alpha value is -3.78. The monoisotopic (exact) mass is 427 g/mol. The van der Waals surface area contributed by atoms with Crippen molar-refractivity contribution in [2.75, 3.05) is 18.4 Å². The highest BCUT2D eigenvalue weighted by molar-refractivity contribution is 5.93. The maximum Gasteiger partial charge on any atom is 0.233 e. The molecule has 32 heavy (non-hydrogen) atoms. The van der Waals surface area contributed by atoms with Crippen LogP contribution in [0.15, 0.2) is 73.3 Å². The number of anilines is 1. The number of likely N-dealkylation sites (tertiary alicyclic amines) is 1. The molecule has 1 aromatic carbocycles. The van der Waals surface area contributed by atoms with Gasteiger partial charge < -0.3 is 5.32 Å². The van der Waals surface area contributed by atoms with Crippen molar-refractivity contribution in [2.24, 2.45) is 5.92 Å². The van der Waals surface area contributed by atoms with E-state index in [1.54, 1.807) is 18.6 Å². The van der Waals surface area contributed by atoms with Crippen LogP contribution in [0, 0.1) is 5.92 Å². The van der Waals surface area contributed by atoms with Crippen LogP contribution in [-0.2, 0) is 11.3 Å². The molecule has 8 heteroatoms. The largest absolute Gasteiger partial charge is 0.326 e. The number of carbonyl (C=O) groups is 1. The topological polar surface area (TPSA) is 91.7 Å². The lowest BCUT2D eigenvalue weighted by Gasteiger charge is -2.31. The Kier molecular flexibility index (Phi) is 5.76. The minimum atomic E-state index is 0.0197. The van der Waals surface area contributed by atoms with Crippen LogP contribution in [0.2, 0.25) is 0 Å². The van der Waals surface area contributed by atoms with Gasteiger partial charge in [-0.3, -0.25) is 19.4 Å².